The Morgan fingerprint density at radius 2 is 2.10 bits per heavy atom. The minimum atomic E-state index is -0.112. The number of nitrogens with one attached hydrogen (secondary N) is 1. The molecule has 0 spiro atoms. The van der Waals surface area contributed by atoms with Crippen molar-refractivity contribution in [3.05, 3.63) is 0 Å². The Morgan fingerprint density at radius 1 is 1.38 bits per heavy atom. The van der Waals surface area contributed by atoms with Gasteiger partial charge in [-0.15, -0.1) is 0 Å². The van der Waals surface area contributed by atoms with Crippen molar-refractivity contribution in [2.24, 2.45) is 5.92 Å². The van der Waals surface area contributed by atoms with Crippen LogP contribution in [0.1, 0.15) is 39.5 Å². The first kappa shape index (κ1) is 17.0. The van der Waals surface area contributed by atoms with Crippen molar-refractivity contribution in [2.45, 2.75) is 50.9 Å². The molecule has 1 N–H and O–H groups in total. The number of carbonyl (C=O) groups excluding carboxylic acids is 1. The molecular formula is C15H26N2O2S2. The molecule has 2 fully saturated rings. The lowest BCUT2D eigenvalue weighted by molar-refractivity contribution is -0.121. The molecule has 4 nitrogen and oxygen atoms in total. The molecule has 0 aromatic heterocycles. The lowest BCUT2D eigenvalue weighted by Gasteiger charge is -2.25. The van der Waals surface area contributed by atoms with Crippen LogP contribution >= 0.6 is 24.0 Å². The number of amides is 1. The van der Waals surface area contributed by atoms with Crippen LogP contribution in [0.15, 0.2) is 0 Å². The first-order valence-corrected chi connectivity index (χ1v) is 9.21. The van der Waals surface area contributed by atoms with Crippen molar-refractivity contribution in [2.75, 3.05) is 26.2 Å². The van der Waals surface area contributed by atoms with Crippen molar-refractivity contribution in [3.63, 3.8) is 0 Å². The van der Waals surface area contributed by atoms with Crippen LogP contribution in [0.3, 0.4) is 0 Å². The maximum atomic E-state index is 12.4. The molecule has 2 aliphatic heterocycles. The lowest BCUT2D eigenvalue weighted by Crippen LogP contribution is -2.41. The molecule has 2 heterocycles. The van der Waals surface area contributed by atoms with Crippen molar-refractivity contribution in [3.8, 4) is 0 Å². The summed E-state index contributed by atoms with van der Waals surface area (Å²) in [6.07, 6.45) is 4.75. The highest BCUT2D eigenvalue weighted by Gasteiger charge is 2.28. The molecule has 0 bridgehead atoms. The topological polar surface area (TPSA) is 41.6 Å². The second kappa shape index (κ2) is 8.34. The molecule has 6 heteroatoms. The van der Waals surface area contributed by atoms with Crippen molar-refractivity contribution < 1.29 is 9.53 Å². The van der Waals surface area contributed by atoms with Gasteiger partial charge in [0.15, 0.2) is 0 Å². The van der Waals surface area contributed by atoms with E-state index in [2.05, 4.69) is 24.1 Å². The molecule has 120 valence electrons. The highest BCUT2D eigenvalue weighted by atomic mass is 32.2. The molecule has 0 radical (unpaired) electrons. The van der Waals surface area contributed by atoms with E-state index in [4.69, 9.17) is 17.0 Å². The third-order valence-electron chi connectivity index (χ3n) is 3.98. The SMILES string of the molecule is CC(C)[C@H](SC(=S)N1CCCC1)C(=O)NC[C@H]1CCCO1. The van der Waals surface area contributed by atoms with Gasteiger partial charge in [-0.1, -0.05) is 37.8 Å². The molecule has 0 aliphatic carbocycles. The van der Waals surface area contributed by atoms with Crippen LogP contribution in [-0.4, -0.2) is 52.7 Å². The Labute approximate surface area is 137 Å². The van der Waals surface area contributed by atoms with E-state index in [1.54, 1.807) is 11.8 Å². The molecule has 2 aliphatic rings. The summed E-state index contributed by atoms with van der Waals surface area (Å²) in [5.41, 5.74) is 0. The summed E-state index contributed by atoms with van der Waals surface area (Å²) in [4.78, 5) is 14.7. The van der Waals surface area contributed by atoms with Gasteiger partial charge in [-0.05, 0) is 31.6 Å². The van der Waals surface area contributed by atoms with Crippen molar-refractivity contribution in [1.29, 1.82) is 0 Å². The first-order chi connectivity index (χ1) is 10.1. The molecule has 0 unspecified atom stereocenters. The van der Waals surface area contributed by atoms with E-state index < -0.39 is 0 Å². The fourth-order valence-corrected chi connectivity index (χ4v) is 4.20. The standard InChI is InChI=1S/C15H26N2O2S2/c1-11(2)13(21-15(20)17-7-3-4-8-17)14(18)16-10-12-6-5-9-19-12/h11-13H,3-10H2,1-2H3,(H,16,18)/t12-,13+/m1/s1. The summed E-state index contributed by atoms with van der Waals surface area (Å²) in [6, 6.07) is 0. The third kappa shape index (κ3) is 5.11. The summed E-state index contributed by atoms with van der Waals surface area (Å²) >= 11 is 7.05. The Bertz CT molecular complexity index is 365. The molecule has 2 atom stereocenters. The number of ether oxygens (including phenoxy) is 1. The van der Waals surface area contributed by atoms with E-state index in [0.717, 1.165) is 36.9 Å². The monoisotopic (exact) mass is 330 g/mol. The van der Waals surface area contributed by atoms with Gasteiger partial charge in [0, 0.05) is 26.2 Å². The van der Waals surface area contributed by atoms with Gasteiger partial charge in [-0.25, -0.2) is 0 Å². The van der Waals surface area contributed by atoms with Crippen LogP contribution in [0.4, 0.5) is 0 Å². The van der Waals surface area contributed by atoms with Gasteiger partial charge in [-0.2, -0.15) is 0 Å². The summed E-state index contributed by atoms with van der Waals surface area (Å²) in [7, 11) is 0. The number of nitrogens with zero attached hydrogens (tertiary/aromatic N) is 1. The van der Waals surface area contributed by atoms with Gasteiger partial charge in [0.05, 0.1) is 11.4 Å². The van der Waals surface area contributed by atoms with E-state index in [-0.39, 0.29) is 23.2 Å². The normalized spacial score (nSPS) is 23.6. The quantitative estimate of drug-likeness (QED) is 0.784. The first-order valence-electron chi connectivity index (χ1n) is 7.93. The summed E-state index contributed by atoms with van der Waals surface area (Å²) in [6.45, 7) is 7.68. The van der Waals surface area contributed by atoms with Gasteiger partial charge < -0.3 is 15.0 Å². The fraction of sp³-hybridized carbons (Fsp3) is 0.867. The largest absolute Gasteiger partial charge is 0.376 e. The van der Waals surface area contributed by atoms with Crippen molar-refractivity contribution in [1.82, 2.24) is 10.2 Å². The average molecular weight is 331 g/mol. The Kier molecular flexibility index (Phi) is 6.76. The lowest BCUT2D eigenvalue weighted by atomic mass is 10.1. The Balaban J connectivity index is 1.81. The maximum Gasteiger partial charge on any atom is 0.233 e. The number of carbonyl (C=O) groups is 1. The maximum absolute atomic E-state index is 12.4. The van der Waals surface area contributed by atoms with E-state index in [0.29, 0.717) is 6.54 Å². The van der Waals surface area contributed by atoms with Crippen LogP contribution in [-0.2, 0) is 9.53 Å². The highest BCUT2D eigenvalue weighted by Crippen LogP contribution is 2.25. The molecule has 1 amide bonds. The minimum absolute atomic E-state index is 0.0899. The van der Waals surface area contributed by atoms with Crippen LogP contribution in [0.5, 0.6) is 0 Å². The number of hydrogen-bond acceptors (Lipinski definition) is 4. The zero-order chi connectivity index (χ0) is 15.2. The molecule has 2 rings (SSSR count). The second-order valence-electron chi connectivity index (χ2n) is 6.12. The molecule has 0 saturated carbocycles. The molecular weight excluding hydrogens is 304 g/mol. The van der Waals surface area contributed by atoms with E-state index in [9.17, 15) is 4.79 Å². The zero-order valence-corrected chi connectivity index (χ0v) is 14.6. The van der Waals surface area contributed by atoms with Gasteiger partial charge >= 0.3 is 0 Å². The average Bonchev–Trinajstić information content (AvgIpc) is 3.13. The third-order valence-corrected chi connectivity index (χ3v) is 6.00. The van der Waals surface area contributed by atoms with Gasteiger partial charge in [0.2, 0.25) is 5.91 Å². The Hall–Kier alpha value is -0.330. The van der Waals surface area contributed by atoms with Gasteiger partial charge in [0.1, 0.15) is 4.32 Å². The van der Waals surface area contributed by atoms with Crippen molar-refractivity contribution >= 4 is 34.2 Å². The fourth-order valence-electron chi connectivity index (χ4n) is 2.70. The van der Waals surface area contributed by atoms with Gasteiger partial charge in [-0.3, -0.25) is 4.79 Å². The molecule has 2 saturated heterocycles. The number of likely N-dealkylation sites (tertiary alicyclic amines) is 1. The smallest absolute Gasteiger partial charge is 0.233 e. The van der Waals surface area contributed by atoms with E-state index >= 15 is 0 Å². The van der Waals surface area contributed by atoms with Crippen LogP contribution < -0.4 is 5.32 Å². The molecule has 21 heavy (non-hydrogen) atoms. The summed E-state index contributed by atoms with van der Waals surface area (Å²) in [5, 5.41) is 2.93. The second-order valence-corrected chi connectivity index (χ2v) is 7.90. The van der Waals surface area contributed by atoms with Gasteiger partial charge in [0.25, 0.3) is 0 Å². The Morgan fingerprint density at radius 3 is 2.67 bits per heavy atom. The van der Waals surface area contributed by atoms with E-state index in [1.165, 1.54) is 12.8 Å². The predicted octanol–water partition coefficient (Wildman–Crippen LogP) is 2.42. The number of rotatable bonds is 5. The van der Waals surface area contributed by atoms with Crippen LogP contribution in [0, 0.1) is 5.92 Å². The highest BCUT2D eigenvalue weighted by molar-refractivity contribution is 8.23. The minimum Gasteiger partial charge on any atom is -0.376 e. The van der Waals surface area contributed by atoms with Crippen LogP contribution in [0.25, 0.3) is 0 Å². The molecule has 0 aromatic rings. The summed E-state index contributed by atoms with van der Waals surface area (Å²) < 4.78 is 6.42. The molecule has 0 aromatic carbocycles. The summed E-state index contributed by atoms with van der Waals surface area (Å²) in [5.74, 6) is 0.354. The predicted molar refractivity (Wildman–Crippen MR) is 91.6 cm³/mol. The van der Waals surface area contributed by atoms with Crippen LogP contribution in [0.2, 0.25) is 0 Å². The number of hydrogen-bond donors (Lipinski definition) is 1. The number of thioether (sulfide) groups is 1. The number of thiocarbonyl (C=S) groups is 1. The zero-order valence-electron chi connectivity index (χ0n) is 13.0. The van der Waals surface area contributed by atoms with E-state index in [1.807, 2.05) is 0 Å².